The summed E-state index contributed by atoms with van der Waals surface area (Å²) in [5, 5.41) is 11.6. The van der Waals surface area contributed by atoms with Crippen LogP contribution in [0.25, 0.3) is 11.1 Å². The van der Waals surface area contributed by atoms with Crippen molar-refractivity contribution >= 4 is 15.9 Å². The third-order valence-electron chi connectivity index (χ3n) is 4.05. The lowest BCUT2D eigenvalue weighted by Gasteiger charge is -2.22. The van der Waals surface area contributed by atoms with Gasteiger partial charge in [-0.25, -0.2) is 17.5 Å². The van der Waals surface area contributed by atoms with E-state index in [1.54, 1.807) is 24.3 Å². The van der Waals surface area contributed by atoms with E-state index in [1.165, 1.54) is 23.6 Å². The number of pyridine rings is 1. The zero-order valence-electron chi connectivity index (χ0n) is 15.6. The Balaban J connectivity index is 2.09. The second kappa shape index (κ2) is 9.49. The van der Waals surface area contributed by atoms with E-state index in [4.69, 9.17) is 0 Å². The lowest BCUT2D eigenvalue weighted by molar-refractivity contribution is -0.175. The fourth-order valence-corrected chi connectivity index (χ4v) is 2.87. The first-order chi connectivity index (χ1) is 13.9. The van der Waals surface area contributed by atoms with Crippen LogP contribution in [0.4, 0.5) is 17.6 Å². The van der Waals surface area contributed by atoms with Gasteiger partial charge in [-0.1, -0.05) is 30.3 Å². The minimum absolute atomic E-state index is 0.0263. The van der Waals surface area contributed by atoms with Gasteiger partial charge in [0.2, 0.25) is 10.0 Å². The second-order valence-corrected chi connectivity index (χ2v) is 8.26. The van der Waals surface area contributed by atoms with Crippen molar-refractivity contribution in [2.45, 2.75) is 24.9 Å². The molecule has 164 valence electrons. The summed E-state index contributed by atoms with van der Waals surface area (Å²) in [7, 11) is -3.35. The number of carbonyl (C=O) groups excluding carboxylic acids is 1. The lowest BCUT2D eigenvalue weighted by atomic mass is 9.99. The number of hydrogen-bond donors (Lipinski definition) is 3. The van der Waals surface area contributed by atoms with E-state index in [-0.39, 0.29) is 12.1 Å². The summed E-state index contributed by atoms with van der Waals surface area (Å²) in [4.78, 5) is 15.1. The quantitative estimate of drug-likeness (QED) is 0.533. The number of aliphatic hydroxyl groups excluding tert-OH is 1. The highest BCUT2D eigenvalue weighted by molar-refractivity contribution is 7.88. The third kappa shape index (κ3) is 6.75. The van der Waals surface area contributed by atoms with Crippen molar-refractivity contribution in [3.05, 3.63) is 53.9 Å². The first kappa shape index (κ1) is 23.7. The maximum Gasteiger partial charge on any atom is 0.471 e. The smallest absolute Gasteiger partial charge is 0.386 e. The van der Waals surface area contributed by atoms with Crippen LogP contribution in [0, 0.1) is 0 Å². The maximum atomic E-state index is 13.1. The second-order valence-electron chi connectivity index (χ2n) is 6.43. The van der Waals surface area contributed by atoms with Crippen LogP contribution in [0.15, 0.2) is 42.6 Å². The van der Waals surface area contributed by atoms with Crippen LogP contribution < -0.4 is 10.0 Å². The molecule has 30 heavy (non-hydrogen) atoms. The molecule has 0 aliphatic rings. The van der Waals surface area contributed by atoms with E-state index in [0.29, 0.717) is 16.8 Å². The van der Waals surface area contributed by atoms with Gasteiger partial charge < -0.3 is 10.4 Å². The summed E-state index contributed by atoms with van der Waals surface area (Å²) >= 11 is 0. The Kier molecular flexibility index (Phi) is 7.50. The summed E-state index contributed by atoms with van der Waals surface area (Å²) in [5.74, 6) is -2.34. The highest BCUT2D eigenvalue weighted by Gasteiger charge is 2.40. The van der Waals surface area contributed by atoms with Gasteiger partial charge in [0, 0.05) is 11.8 Å². The summed E-state index contributed by atoms with van der Waals surface area (Å²) in [6, 6.07) is 7.42. The fourth-order valence-electron chi connectivity index (χ4n) is 2.46. The molecular weight excluding hydrogens is 430 g/mol. The number of nitrogens with one attached hydrogen (secondary N) is 2. The molecule has 12 heteroatoms. The van der Waals surface area contributed by atoms with Gasteiger partial charge in [0.05, 0.1) is 24.5 Å². The number of aromatic nitrogens is 1. The van der Waals surface area contributed by atoms with Crippen molar-refractivity contribution in [3.63, 3.8) is 0 Å². The van der Waals surface area contributed by atoms with Crippen molar-refractivity contribution in [1.29, 1.82) is 0 Å². The lowest BCUT2D eigenvalue weighted by Crippen LogP contribution is -2.46. The van der Waals surface area contributed by atoms with Crippen molar-refractivity contribution in [1.82, 2.24) is 15.0 Å². The van der Waals surface area contributed by atoms with Crippen LogP contribution in [0.3, 0.4) is 0 Å². The molecule has 0 bridgehead atoms. The standard InChI is InChI=1S/C18H19F4N3O4S/c1-30(28,29)24-10-14-7-6-13(9-23-14)11-2-4-12(5-3-11)16(26)15(8-19)25-17(27)18(20,21)22/h2-7,9,15-16,24,26H,8,10H2,1H3,(H,25,27)/t15-,16+/m1/s1. The fraction of sp³-hybridized carbons (Fsp3) is 0.333. The van der Waals surface area contributed by atoms with Gasteiger partial charge >= 0.3 is 12.1 Å². The zero-order valence-corrected chi connectivity index (χ0v) is 16.5. The molecule has 0 saturated heterocycles. The Morgan fingerprint density at radius 2 is 1.73 bits per heavy atom. The number of nitrogens with zero attached hydrogens (tertiary/aromatic N) is 1. The summed E-state index contributed by atoms with van der Waals surface area (Å²) < 4.78 is 74.6. The van der Waals surface area contributed by atoms with Crippen molar-refractivity contribution in [3.8, 4) is 11.1 Å². The molecule has 0 unspecified atom stereocenters. The van der Waals surface area contributed by atoms with Gasteiger partial charge in [0.25, 0.3) is 0 Å². The molecule has 3 N–H and O–H groups in total. The van der Waals surface area contributed by atoms with E-state index < -0.39 is 40.9 Å². The number of carbonyl (C=O) groups is 1. The highest BCUT2D eigenvalue weighted by Crippen LogP contribution is 2.24. The van der Waals surface area contributed by atoms with Crippen LogP contribution in [0.2, 0.25) is 0 Å². The number of benzene rings is 1. The van der Waals surface area contributed by atoms with E-state index in [9.17, 15) is 35.9 Å². The molecule has 1 heterocycles. The molecule has 2 atom stereocenters. The Morgan fingerprint density at radius 3 is 2.20 bits per heavy atom. The number of rotatable bonds is 8. The monoisotopic (exact) mass is 449 g/mol. The molecule has 2 aromatic rings. The Bertz CT molecular complexity index is 964. The maximum absolute atomic E-state index is 13.1. The van der Waals surface area contributed by atoms with Gasteiger partial charge in [-0.3, -0.25) is 9.78 Å². The van der Waals surface area contributed by atoms with Gasteiger partial charge in [-0.15, -0.1) is 0 Å². The van der Waals surface area contributed by atoms with Crippen molar-refractivity contribution in [2.75, 3.05) is 12.9 Å². The highest BCUT2D eigenvalue weighted by atomic mass is 32.2. The summed E-state index contributed by atoms with van der Waals surface area (Å²) in [6.45, 7) is -1.36. The molecule has 7 nitrogen and oxygen atoms in total. The Labute approximate surface area is 170 Å². The minimum Gasteiger partial charge on any atom is -0.386 e. The predicted octanol–water partition coefficient (Wildman–Crippen LogP) is 1.85. The van der Waals surface area contributed by atoms with Gasteiger partial charge in [0.1, 0.15) is 12.8 Å². The van der Waals surface area contributed by atoms with Crippen LogP contribution in [-0.2, 0) is 21.4 Å². The number of hydrogen-bond acceptors (Lipinski definition) is 5. The number of sulfonamides is 1. The number of alkyl halides is 4. The van der Waals surface area contributed by atoms with Gasteiger partial charge in [-0.2, -0.15) is 13.2 Å². The molecule has 0 spiro atoms. The molecular formula is C18H19F4N3O4S. The topological polar surface area (TPSA) is 108 Å². The van der Waals surface area contributed by atoms with E-state index in [1.807, 2.05) is 0 Å². The van der Waals surface area contributed by atoms with Crippen molar-refractivity contribution in [2.24, 2.45) is 0 Å². The molecule has 2 rings (SSSR count). The molecule has 1 aromatic heterocycles. The Hall–Kier alpha value is -2.57. The van der Waals surface area contributed by atoms with E-state index in [2.05, 4.69) is 9.71 Å². The number of halogens is 4. The van der Waals surface area contributed by atoms with Crippen molar-refractivity contribution < 1.29 is 35.9 Å². The van der Waals surface area contributed by atoms with Crippen LogP contribution >= 0.6 is 0 Å². The molecule has 1 aromatic carbocycles. The molecule has 1 amide bonds. The zero-order chi connectivity index (χ0) is 22.5. The molecule has 0 saturated carbocycles. The first-order valence-electron chi connectivity index (χ1n) is 8.52. The van der Waals surface area contributed by atoms with Gasteiger partial charge in [-0.05, 0) is 17.2 Å². The third-order valence-corrected chi connectivity index (χ3v) is 4.72. The molecule has 0 radical (unpaired) electrons. The average Bonchev–Trinajstić information content (AvgIpc) is 2.69. The Morgan fingerprint density at radius 1 is 1.13 bits per heavy atom. The van der Waals surface area contributed by atoms with Crippen LogP contribution in [0.1, 0.15) is 17.4 Å². The average molecular weight is 449 g/mol. The molecule has 0 aliphatic carbocycles. The SMILES string of the molecule is CS(=O)(=O)NCc1ccc(-c2ccc([C@H](O)[C@@H](CF)NC(=O)C(F)(F)F)cc2)cn1. The number of aliphatic hydroxyl groups is 1. The van der Waals surface area contributed by atoms with Crippen LogP contribution in [0.5, 0.6) is 0 Å². The van der Waals surface area contributed by atoms with E-state index >= 15 is 0 Å². The largest absolute Gasteiger partial charge is 0.471 e. The van der Waals surface area contributed by atoms with Gasteiger partial charge in [0.15, 0.2) is 0 Å². The minimum atomic E-state index is -5.19. The first-order valence-corrected chi connectivity index (χ1v) is 10.4. The number of amides is 1. The normalized spacial score (nSPS) is 14.2. The van der Waals surface area contributed by atoms with Crippen LogP contribution in [-0.4, -0.2) is 49.6 Å². The molecule has 0 aliphatic heterocycles. The molecule has 0 fully saturated rings. The van der Waals surface area contributed by atoms with E-state index in [0.717, 1.165) is 6.26 Å². The summed E-state index contributed by atoms with van der Waals surface area (Å²) in [6.07, 6.45) is -4.34. The predicted molar refractivity (Wildman–Crippen MR) is 100 cm³/mol. The summed E-state index contributed by atoms with van der Waals surface area (Å²) in [5.41, 5.74) is 1.91.